The number of carbonyl (C=O) groups is 2. The molecule has 41 heavy (non-hydrogen) atoms. The van der Waals surface area contributed by atoms with Crippen LogP contribution in [0, 0.1) is 12.7 Å². The van der Waals surface area contributed by atoms with Crippen LogP contribution >= 0.6 is 0 Å². The molecule has 3 aromatic rings. The van der Waals surface area contributed by atoms with Crippen molar-refractivity contribution in [2.24, 2.45) is 0 Å². The van der Waals surface area contributed by atoms with Crippen LogP contribution in [-0.2, 0) is 32.8 Å². The van der Waals surface area contributed by atoms with Crippen molar-refractivity contribution >= 4 is 27.7 Å². The minimum Gasteiger partial charge on any atom is -0.350 e. The lowest BCUT2D eigenvalue weighted by Gasteiger charge is -2.36. The van der Waals surface area contributed by atoms with Gasteiger partial charge in [-0.05, 0) is 56.5 Å². The van der Waals surface area contributed by atoms with Gasteiger partial charge in [0.25, 0.3) is 0 Å². The number of rotatable bonds is 11. The first kappa shape index (κ1) is 31.8. The molecule has 0 heterocycles. The molecule has 0 saturated heterocycles. The molecule has 0 spiro atoms. The van der Waals surface area contributed by atoms with E-state index < -0.39 is 40.1 Å². The van der Waals surface area contributed by atoms with Crippen LogP contribution in [0.15, 0.2) is 78.9 Å². The molecule has 0 aliphatic heterocycles. The summed E-state index contributed by atoms with van der Waals surface area (Å²) in [6.45, 7) is 6.79. The molecule has 0 fully saturated rings. The maximum absolute atomic E-state index is 14.9. The second kappa shape index (κ2) is 13.3. The van der Waals surface area contributed by atoms with Gasteiger partial charge in [0.2, 0.25) is 11.8 Å². The molecule has 1 N–H and O–H groups in total. The van der Waals surface area contributed by atoms with Gasteiger partial charge < -0.3 is 10.2 Å². The molecule has 3 aromatic carbocycles. The van der Waals surface area contributed by atoms with E-state index in [1.165, 1.54) is 37.2 Å². The monoisotopic (exact) mass is 582 g/mol. The van der Waals surface area contributed by atoms with E-state index in [9.17, 15) is 22.4 Å². The Kier molecular flexibility index (Phi) is 10.3. The number of nitrogens with zero attached hydrogens (tertiary/aromatic N) is 3. The standard InChI is InChI=1S/C31H39FN4O4S/c1-23-14-10-11-17-25(23)21-35(28(30(38)33-31(2,3)4)20-24-15-8-7-9-16-24)29(37)22-36(41(39,40)34(5)6)27-19-13-12-18-26(27)32/h7-19,28H,20-22H2,1-6H3,(H,33,38)/t28-/m0/s1. The van der Waals surface area contributed by atoms with Gasteiger partial charge in [-0.3, -0.25) is 9.59 Å². The first-order chi connectivity index (χ1) is 19.2. The van der Waals surface area contributed by atoms with Gasteiger partial charge in [-0.1, -0.05) is 66.7 Å². The maximum Gasteiger partial charge on any atom is 0.304 e. The van der Waals surface area contributed by atoms with Crippen LogP contribution in [0.3, 0.4) is 0 Å². The molecular weight excluding hydrogens is 543 g/mol. The average molecular weight is 583 g/mol. The fraction of sp³-hybridized carbons (Fsp3) is 0.355. The number of halogens is 1. The Hall–Kier alpha value is -3.76. The third kappa shape index (κ3) is 8.37. The van der Waals surface area contributed by atoms with Crippen molar-refractivity contribution < 1.29 is 22.4 Å². The summed E-state index contributed by atoms with van der Waals surface area (Å²) in [5.41, 5.74) is 1.69. The van der Waals surface area contributed by atoms with Crippen molar-refractivity contribution in [3.8, 4) is 0 Å². The summed E-state index contributed by atoms with van der Waals surface area (Å²) in [6, 6.07) is 21.2. The molecule has 0 radical (unpaired) electrons. The van der Waals surface area contributed by atoms with Crippen LogP contribution in [0.25, 0.3) is 0 Å². The maximum atomic E-state index is 14.9. The highest BCUT2D eigenvalue weighted by Crippen LogP contribution is 2.25. The Morgan fingerprint density at radius 1 is 0.902 bits per heavy atom. The number of anilines is 1. The molecule has 8 nitrogen and oxygen atoms in total. The average Bonchev–Trinajstić information content (AvgIpc) is 2.90. The van der Waals surface area contributed by atoms with Gasteiger partial charge in [0.05, 0.1) is 5.69 Å². The van der Waals surface area contributed by atoms with E-state index in [0.717, 1.165) is 31.4 Å². The van der Waals surface area contributed by atoms with Gasteiger partial charge in [-0.25, -0.2) is 8.70 Å². The SMILES string of the molecule is Cc1ccccc1CN(C(=O)CN(c1ccccc1F)S(=O)(=O)N(C)C)[C@@H](Cc1ccccc1)C(=O)NC(C)(C)C. The molecular formula is C31H39FN4O4S. The van der Waals surface area contributed by atoms with Crippen LogP contribution in [-0.4, -0.2) is 61.7 Å². The molecule has 3 rings (SSSR count). The second-order valence-electron chi connectivity index (χ2n) is 11.1. The van der Waals surface area contributed by atoms with Crippen molar-refractivity contribution in [3.05, 3.63) is 101 Å². The van der Waals surface area contributed by atoms with Crippen LogP contribution < -0.4 is 9.62 Å². The normalized spacial score (nSPS) is 12.6. The minimum absolute atomic E-state index is 0.0493. The highest BCUT2D eigenvalue weighted by molar-refractivity contribution is 7.90. The van der Waals surface area contributed by atoms with Gasteiger partial charge in [-0.2, -0.15) is 12.7 Å². The smallest absolute Gasteiger partial charge is 0.304 e. The van der Waals surface area contributed by atoms with Crippen molar-refractivity contribution in [3.63, 3.8) is 0 Å². The fourth-order valence-electron chi connectivity index (χ4n) is 4.33. The Balaban J connectivity index is 2.14. The predicted octanol–water partition coefficient (Wildman–Crippen LogP) is 4.30. The zero-order chi connectivity index (χ0) is 30.4. The Bertz CT molecular complexity index is 1460. The molecule has 0 aliphatic rings. The fourth-order valence-corrected chi connectivity index (χ4v) is 5.40. The molecule has 1 atom stereocenters. The highest BCUT2D eigenvalue weighted by atomic mass is 32.2. The van der Waals surface area contributed by atoms with E-state index in [2.05, 4.69) is 5.32 Å². The van der Waals surface area contributed by atoms with E-state index in [4.69, 9.17) is 0 Å². The van der Waals surface area contributed by atoms with Gasteiger partial charge in [0.15, 0.2) is 0 Å². The second-order valence-corrected chi connectivity index (χ2v) is 13.2. The van der Waals surface area contributed by atoms with Crippen molar-refractivity contribution in [1.82, 2.24) is 14.5 Å². The number of hydrogen-bond acceptors (Lipinski definition) is 4. The quantitative estimate of drug-likeness (QED) is 0.365. The number of aryl methyl sites for hydroxylation is 1. The Labute approximate surface area is 243 Å². The number of benzene rings is 3. The van der Waals surface area contributed by atoms with Crippen LogP contribution in [0.5, 0.6) is 0 Å². The van der Waals surface area contributed by atoms with Crippen molar-refractivity contribution in [2.45, 2.75) is 52.2 Å². The summed E-state index contributed by atoms with van der Waals surface area (Å²) in [5.74, 6) is -1.81. The molecule has 0 bridgehead atoms. The minimum atomic E-state index is -4.28. The number of carbonyl (C=O) groups excluding carboxylic acids is 2. The zero-order valence-electron chi connectivity index (χ0n) is 24.5. The van der Waals surface area contributed by atoms with E-state index in [0.29, 0.717) is 0 Å². The lowest BCUT2D eigenvalue weighted by atomic mass is 10.00. The molecule has 0 saturated carbocycles. The summed E-state index contributed by atoms with van der Waals surface area (Å²) in [5, 5.41) is 2.98. The van der Waals surface area contributed by atoms with E-state index in [1.54, 1.807) is 0 Å². The lowest BCUT2D eigenvalue weighted by molar-refractivity contribution is -0.140. The van der Waals surface area contributed by atoms with E-state index in [-0.39, 0.29) is 24.6 Å². The Morgan fingerprint density at radius 3 is 2.07 bits per heavy atom. The van der Waals surface area contributed by atoms with Crippen molar-refractivity contribution in [2.75, 3.05) is 24.9 Å². The predicted molar refractivity (Wildman–Crippen MR) is 160 cm³/mol. The molecule has 0 unspecified atom stereocenters. The molecule has 220 valence electrons. The lowest BCUT2D eigenvalue weighted by Crippen LogP contribution is -2.56. The van der Waals surface area contributed by atoms with Crippen LogP contribution in [0.2, 0.25) is 0 Å². The molecule has 10 heteroatoms. The number of nitrogens with one attached hydrogen (secondary N) is 1. The summed E-state index contributed by atoms with van der Waals surface area (Å²) < 4.78 is 43.3. The van der Waals surface area contributed by atoms with E-state index >= 15 is 0 Å². The summed E-state index contributed by atoms with van der Waals surface area (Å²) >= 11 is 0. The Morgan fingerprint density at radius 2 is 1.49 bits per heavy atom. The molecule has 2 amide bonds. The summed E-state index contributed by atoms with van der Waals surface area (Å²) in [6.07, 6.45) is 0.195. The first-order valence-electron chi connectivity index (χ1n) is 13.4. The van der Waals surface area contributed by atoms with Gasteiger partial charge in [-0.15, -0.1) is 0 Å². The van der Waals surface area contributed by atoms with Gasteiger partial charge in [0, 0.05) is 32.6 Å². The summed E-state index contributed by atoms with van der Waals surface area (Å²) in [4.78, 5) is 29.4. The molecule has 0 aromatic heterocycles. The zero-order valence-corrected chi connectivity index (χ0v) is 25.3. The van der Waals surface area contributed by atoms with Crippen LogP contribution in [0.1, 0.15) is 37.5 Å². The van der Waals surface area contributed by atoms with Crippen LogP contribution in [0.4, 0.5) is 10.1 Å². The number of hydrogen-bond donors (Lipinski definition) is 1. The van der Waals surface area contributed by atoms with Crippen molar-refractivity contribution in [1.29, 1.82) is 0 Å². The third-order valence-corrected chi connectivity index (χ3v) is 8.32. The topological polar surface area (TPSA) is 90.0 Å². The molecule has 0 aliphatic carbocycles. The van der Waals surface area contributed by atoms with Gasteiger partial charge in [0.1, 0.15) is 18.4 Å². The third-order valence-electron chi connectivity index (χ3n) is 6.51. The number of amides is 2. The number of para-hydroxylation sites is 1. The highest BCUT2D eigenvalue weighted by Gasteiger charge is 2.36. The van der Waals surface area contributed by atoms with E-state index in [1.807, 2.05) is 82.3 Å². The largest absolute Gasteiger partial charge is 0.350 e. The van der Waals surface area contributed by atoms with Gasteiger partial charge >= 0.3 is 10.2 Å². The summed E-state index contributed by atoms with van der Waals surface area (Å²) in [7, 11) is -1.65. The first-order valence-corrected chi connectivity index (χ1v) is 14.7.